The highest BCUT2D eigenvalue weighted by Gasteiger charge is 2.20. The standard InChI is InChI=1S/C10H17N3S/c11-9-2-1-8(3-9)4-12-5-10-6-14-7-13-10/h6-9,12H,1-5,11H2. The molecule has 0 saturated heterocycles. The monoisotopic (exact) mass is 211 g/mol. The Morgan fingerprint density at radius 3 is 3.14 bits per heavy atom. The SMILES string of the molecule is NC1CCC(CNCc2cscn2)C1. The lowest BCUT2D eigenvalue weighted by atomic mass is 10.1. The highest BCUT2D eigenvalue weighted by Crippen LogP contribution is 2.23. The second-order valence-corrected chi connectivity index (χ2v) is 4.77. The van der Waals surface area contributed by atoms with Gasteiger partial charge in [-0.05, 0) is 31.7 Å². The lowest BCUT2D eigenvalue weighted by Crippen LogP contribution is -2.23. The van der Waals surface area contributed by atoms with Gasteiger partial charge in [-0.25, -0.2) is 4.98 Å². The molecule has 2 rings (SSSR count). The summed E-state index contributed by atoms with van der Waals surface area (Å²) in [5.41, 5.74) is 8.88. The molecule has 1 aromatic heterocycles. The van der Waals surface area contributed by atoms with Crippen molar-refractivity contribution >= 4 is 11.3 Å². The molecule has 2 unspecified atom stereocenters. The molecule has 1 fully saturated rings. The smallest absolute Gasteiger partial charge is 0.0795 e. The van der Waals surface area contributed by atoms with Gasteiger partial charge in [-0.1, -0.05) is 0 Å². The Balaban J connectivity index is 1.64. The van der Waals surface area contributed by atoms with Crippen molar-refractivity contribution in [3.05, 3.63) is 16.6 Å². The van der Waals surface area contributed by atoms with E-state index in [4.69, 9.17) is 5.73 Å². The summed E-state index contributed by atoms with van der Waals surface area (Å²) < 4.78 is 0. The van der Waals surface area contributed by atoms with E-state index < -0.39 is 0 Å². The average Bonchev–Trinajstić information content (AvgIpc) is 2.77. The molecule has 0 spiro atoms. The highest BCUT2D eigenvalue weighted by molar-refractivity contribution is 7.07. The number of hydrogen-bond acceptors (Lipinski definition) is 4. The minimum atomic E-state index is 0.445. The molecule has 1 aromatic rings. The van der Waals surface area contributed by atoms with Crippen molar-refractivity contribution in [2.45, 2.75) is 31.8 Å². The van der Waals surface area contributed by atoms with E-state index in [1.54, 1.807) is 11.3 Å². The van der Waals surface area contributed by atoms with Crippen molar-refractivity contribution in [1.82, 2.24) is 10.3 Å². The molecule has 3 N–H and O–H groups in total. The normalized spacial score (nSPS) is 26.9. The zero-order chi connectivity index (χ0) is 9.80. The van der Waals surface area contributed by atoms with Gasteiger partial charge < -0.3 is 11.1 Å². The molecule has 1 aliphatic carbocycles. The Kier molecular flexibility index (Phi) is 3.50. The zero-order valence-electron chi connectivity index (χ0n) is 8.28. The minimum Gasteiger partial charge on any atom is -0.328 e. The van der Waals surface area contributed by atoms with Crippen LogP contribution in [0.1, 0.15) is 25.0 Å². The molecule has 78 valence electrons. The van der Waals surface area contributed by atoms with Crippen LogP contribution >= 0.6 is 11.3 Å². The first-order valence-electron chi connectivity index (χ1n) is 5.18. The second-order valence-electron chi connectivity index (χ2n) is 4.05. The molecule has 1 heterocycles. The summed E-state index contributed by atoms with van der Waals surface area (Å²) in [5, 5.41) is 5.53. The molecule has 0 aliphatic heterocycles. The topological polar surface area (TPSA) is 50.9 Å². The largest absolute Gasteiger partial charge is 0.328 e. The summed E-state index contributed by atoms with van der Waals surface area (Å²) in [4.78, 5) is 4.23. The molecule has 1 saturated carbocycles. The summed E-state index contributed by atoms with van der Waals surface area (Å²) >= 11 is 1.65. The van der Waals surface area contributed by atoms with Gasteiger partial charge in [-0.15, -0.1) is 11.3 Å². The molecule has 14 heavy (non-hydrogen) atoms. The molecule has 4 heteroatoms. The lowest BCUT2D eigenvalue weighted by Gasteiger charge is -2.09. The fourth-order valence-electron chi connectivity index (χ4n) is 2.03. The first kappa shape index (κ1) is 10.1. The van der Waals surface area contributed by atoms with Crippen LogP contribution < -0.4 is 11.1 Å². The molecule has 1 aliphatic rings. The Hall–Kier alpha value is -0.450. The van der Waals surface area contributed by atoms with Crippen molar-refractivity contribution in [3.63, 3.8) is 0 Å². The van der Waals surface area contributed by atoms with Crippen LogP contribution in [0.2, 0.25) is 0 Å². The predicted octanol–water partition coefficient (Wildman–Crippen LogP) is 1.36. The number of nitrogens with one attached hydrogen (secondary N) is 1. The van der Waals surface area contributed by atoms with E-state index in [-0.39, 0.29) is 0 Å². The van der Waals surface area contributed by atoms with Gasteiger partial charge in [0.05, 0.1) is 11.2 Å². The molecular formula is C10H17N3S. The molecule has 0 radical (unpaired) electrons. The predicted molar refractivity (Wildman–Crippen MR) is 59.1 cm³/mol. The number of rotatable bonds is 4. The lowest BCUT2D eigenvalue weighted by molar-refractivity contribution is 0.481. The van der Waals surface area contributed by atoms with Crippen LogP contribution in [0.15, 0.2) is 10.9 Å². The van der Waals surface area contributed by atoms with Crippen LogP contribution in [0.25, 0.3) is 0 Å². The third kappa shape index (κ3) is 2.77. The average molecular weight is 211 g/mol. The van der Waals surface area contributed by atoms with Crippen LogP contribution in [0.5, 0.6) is 0 Å². The Morgan fingerprint density at radius 2 is 2.50 bits per heavy atom. The molecule has 0 bridgehead atoms. The van der Waals surface area contributed by atoms with Gasteiger partial charge in [0.2, 0.25) is 0 Å². The van der Waals surface area contributed by atoms with E-state index in [1.807, 2.05) is 5.51 Å². The Labute approximate surface area is 88.7 Å². The van der Waals surface area contributed by atoms with Crippen molar-refractivity contribution < 1.29 is 0 Å². The van der Waals surface area contributed by atoms with Crippen LogP contribution in [0, 0.1) is 5.92 Å². The van der Waals surface area contributed by atoms with Gasteiger partial charge in [-0.3, -0.25) is 0 Å². The van der Waals surface area contributed by atoms with Gasteiger partial charge >= 0.3 is 0 Å². The van der Waals surface area contributed by atoms with E-state index in [1.165, 1.54) is 19.3 Å². The zero-order valence-corrected chi connectivity index (χ0v) is 9.09. The minimum absolute atomic E-state index is 0.445. The van der Waals surface area contributed by atoms with Crippen molar-refractivity contribution in [2.75, 3.05) is 6.54 Å². The van der Waals surface area contributed by atoms with Crippen molar-refractivity contribution in [1.29, 1.82) is 0 Å². The van der Waals surface area contributed by atoms with Crippen molar-refractivity contribution in [2.24, 2.45) is 11.7 Å². The highest BCUT2D eigenvalue weighted by atomic mass is 32.1. The van der Waals surface area contributed by atoms with E-state index in [2.05, 4.69) is 15.7 Å². The second kappa shape index (κ2) is 4.87. The summed E-state index contributed by atoms with van der Waals surface area (Å²) in [7, 11) is 0. The summed E-state index contributed by atoms with van der Waals surface area (Å²) in [5.74, 6) is 0.781. The number of hydrogen-bond donors (Lipinski definition) is 2. The number of nitrogens with zero attached hydrogens (tertiary/aromatic N) is 1. The number of nitrogens with two attached hydrogens (primary N) is 1. The van der Waals surface area contributed by atoms with Crippen LogP contribution in [-0.2, 0) is 6.54 Å². The first-order chi connectivity index (χ1) is 6.84. The molecule has 2 atom stereocenters. The summed E-state index contributed by atoms with van der Waals surface area (Å²) in [6.07, 6.45) is 3.67. The van der Waals surface area contributed by atoms with Gasteiger partial charge in [-0.2, -0.15) is 0 Å². The maximum absolute atomic E-state index is 5.85. The fourth-order valence-corrected chi connectivity index (χ4v) is 2.59. The summed E-state index contributed by atoms with van der Waals surface area (Å²) in [6.45, 7) is 1.99. The van der Waals surface area contributed by atoms with Gasteiger partial charge in [0, 0.05) is 18.0 Å². The van der Waals surface area contributed by atoms with E-state index in [0.29, 0.717) is 6.04 Å². The van der Waals surface area contributed by atoms with Crippen LogP contribution in [0.3, 0.4) is 0 Å². The Morgan fingerprint density at radius 1 is 1.57 bits per heavy atom. The first-order valence-corrected chi connectivity index (χ1v) is 6.12. The maximum atomic E-state index is 5.85. The Bertz CT molecular complexity index is 260. The molecular weight excluding hydrogens is 194 g/mol. The van der Waals surface area contributed by atoms with Gasteiger partial charge in [0.1, 0.15) is 0 Å². The van der Waals surface area contributed by atoms with Crippen molar-refractivity contribution in [3.8, 4) is 0 Å². The van der Waals surface area contributed by atoms with Crippen LogP contribution in [-0.4, -0.2) is 17.6 Å². The van der Waals surface area contributed by atoms with E-state index in [9.17, 15) is 0 Å². The molecule has 0 aromatic carbocycles. The quantitative estimate of drug-likeness (QED) is 0.790. The van der Waals surface area contributed by atoms with E-state index in [0.717, 1.165) is 24.7 Å². The maximum Gasteiger partial charge on any atom is 0.0795 e. The third-order valence-electron chi connectivity index (χ3n) is 2.80. The van der Waals surface area contributed by atoms with Crippen LogP contribution in [0.4, 0.5) is 0 Å². The van der Waals surface area contributed by atoms with E-state index >= 15 is 0 Å². The summed E-state index contributed by atoms with van der Waals surface area (Å²) in [6, 6.07) is 0.445. The molecule has 3 nitrogen and oxygen atoms in total. The number of aromatic nitrogens is 1. The van der Waals surface area contributed by atoms with Gasteiger partial charge in [0.25, 0.3) is 0 Å². The van der Waals surface area contributed by atoms with Gasteiger partial charge in [0.15, 0.2) is 0 Å². The fraction of sp³-hybridized carbons (Fsp3) is 0.700. The molecule has 0 amide bonds. The third-order valence-corrected chi connectivity index (χ3v) is 3.44. The number of thiazole rings is 1.